The first-order valence-electron chi connectivity index (χ1n) is 7.86. The van der Waals surface area contributed by atoms with Crippen LogP contribution in [-0.2, 0) is 11.2 Å². The number of nitrogens with one attached hydrogen (secondary N) is 2. The number of carboxylic acids is 1. The van der Waals surface area contributed by atoms with E-state index in [1.54, 1.807) is 36.5 Å². The average Bonchev–Trinajstić information content (AvgIpc) is 3.07. The van der Waals surface area contributed by atoms with Crippen molar-refractivity contribution in [2.24, 2.45) is 5.92 Å². The Morgan fingerprint density at radius 2 is 1.96 bits per heavy atom. The monoisotopic (exact) mass is 340 g/mol. The topological polar surface area (TPSA) is 82.2 Å². The molecule has 6 heteroatoms. The Morgan fingerprint density at radius 1 is 1.16 bits per heavy atom. The SMILES string of the molecule is O=C(NC[C@H](Cc1ccccc1F)C(=O)O)c1ccc2cc[nH]c2c1. The van der Waals surface area contributed by atoms with Crippen molar-refractivity contribution in [1.82, 2.24) is 10.3 Å². The first kappa shape index (κ1) is 16.7. The number of benzene rings is 2. The molecule has 0 spiro atoms. The van der Waals surface area contributed by atoms with Gasteiger partial charge in [0, 0.05) is 23.8 Å². The lowest BCUT2D eigenvalue weighted by molar-refractivity contribution is -0.141. The Balaban J connectivity index is 1.67. The maximum Gasteiger partial charge on any atom is 0.308 e. The molecule has 0 aliphatic rings. The van der Waals surface area contributed by atoms with Crippen LogP contribution in [0.4, 0.5) is 4.39 Å². The Hall–Kier alpha value is -3.15. The molecule has 1 atom stereocenters. The summed E-state index contributed by atoms with van der Waals surface area (Å²) in [5, 5.41) is 13.0. The number of rotatable bonds is 6. The molecule has 1 heterocycles. The summed E-state index contributed by atoms with van der Waals surface area (Å²) < 4.78 is 13.7. The minimum atomic E-state index is -1.08. The van der Waals surface area contributed by atoms with Gasteiger partial charge in [-0.25, -0.2) is 4.39 Å². The molecular weight excluding hydrogens is 323 g/mol. The summed E-state index contributed by atoms with van der Waals surface area (Å²) in [6.07, 6.45) is 1.79. The van der Waals surface area contributed by atoms with Crippen molar-refractivity contribution in [2.75, 3.05) is 6.54 Å². The molecule has 1 amide bonds. The number of aromatic nitrogens is 1. The number of halogens is 1. The van der Waals surface area contributed by atoms with Crippen molar-refractivity contribution in [2.45, 2.75) is 6.42 Å². The number of carboxylic acid groups (broad SMARTS) is 1. The zero-order chi connectivity index (χ0) is 17.8. The molecule has 0 unspecified atom stereocenters. The normalized spacial score (nSPS) is 12.0. The fourth-order valence-electron chi connectivity index (χ4n) is 2.68. The zero-order valence-electron chi connectivity index (χ0n) is 13.3. The third-order valence-corrected chi connectivity index (χ3v) is 4.10. The molecule has 25 heavy (non-hydrogen) atoms. The van der Waals surface area contributed by atoms with Gasteiger partial charge >= 0.3 is 5.97 Å². The predicted octanol–water partition coefficient (Wildman–Crippen LogP) is 2.98. The van der Waals surface area contributed by atoms with Gasteiger partial charge in [-0.2, -0.15) is 0 Å². The van der Waals surface area contributed by atoms with E-state index in [4.69, 9.17) is 0 Å². The number of aliphatic carboxylic acids is 1. The van der Waals surface area contributed by atoms with Crippen LogP contribution in [0.15, 0.2) is 54.7 Å². The second kappa shape index (κ2) is 7.17. The van der Waals surface area contributed by atoms with Gasteiger partial charge in [0.25, 0.3) is 5.91 Å². The van der Waals surface area contributed by atoms with Crippen molar-refractivity contribution < 1.29 is 19.1 Å². The zero-order valence-corrected chi connectivity index (χ0v) is 13.3. The summed E-state index contributed by atoms with van der Waals surface area (Å²) in [4.78, 5) is 26.7. The maximum atomic E-state index is 13.7. The van der Waals surface area contributed by atoms with Gasteiger partial charge in [0.15, 0.2) is 0 Å². The molecule has 1 aromatic heterocycles. The van der Waals surface area contributed by atoms with E-state index < -0.39 is 17.7 Å². The highest BCUT2D eigenvalue weighted by atomic mass is 19.1. The lowest BCUT2D eigenvalue weighted by atomic mass is 9.99. The van der Waals surface area contributed by atoms with Crippen molar-refractivity contribution in [3.63, 3.8) is 0 Å². The summed E-state index contributed by atoms with van der Waals surface area (Å²) in [6.45, 7) is -0.0781. The number of fused-ring (bicyclic) bond motifs is 1. The van der Waals surface area contributed by atoms with Crippen LogP contribution in [-0.4, -0.2) is 28.5 Å². The van der Waals surface area contributed by atoms with Gasteiger partial charge in [0.05, 0.1) is 5.92 Å². The first-order valence-corrected chi connectivity index (χ1v) is 7.86. The number of aromatic amines is 1. The Morgan fingerprint density at radius 3 is 2.72 bits per heavy atom. The van der Waals surface area contributed by atoms with E-state index in [0.29, 0.717) is 11.1 Å². The van der Waals surface area contributed by atoms with E-state index in [1.165, 1.54) is 6.07 Å². The minimum absolute atomic E-state index is 0.0119. The summed E-state index contributed by atoms with van der Waals surface area (Å²) in [5.41, 5.74) is 1.58. The fraction of sp³-hybridized carbons (Fsp3) is 0.158. The van der Waals surface area contributed by atoms with Crippen LogP contribution in [0.2, 0.25) is 0 Å². The largest absolute Gasteiger partial charge is 0.481 e. The van der Waals surface area contributed by atoms with Crippen LogP contribution >= 0.6 is 0 Å². The number of carbonyl (C=O) groups is 2. The van der Waals surface area contributed by atoms with Gasteiger partial charge < -0.3 is 15.4 Å². The van der Waals surface area contributed by atoms with Crippen LogP contribution in [0.5, 0.6) is 0 Å². The van der Waals surface area contributed by atoms with Gasteiger partial charge in [-0.1, -0.05) is 24.3 Å². The summed E-state index contributed by atoms with van der Waals surface area (Å²) in [6, 6.07) is 13.1. The Labute approximate surface area is 143 Å². The summed E-state index contributed by atoms with van der Waals surface area (Å²) >= 11 is 0. The lowest BCUT2D eigenvalue weighted by Gasteiger charge is -2.14. The molecule has 2 aromatic carbocycles. The van der Waals surface area contributed by atoms with Crippen LogP contribution in [0.25, 0.3) is 10.9 Å². The van der Waals surface area contributed by atoms with Gasteiger partial charge in [-0.15, -0.1) is 0 Å². The van der Waals surface area contributed by atoms with Gasteiger partial charge in [-0.05, 0) is 41.6 Å². The molecule has 3 aromatic rings. The second-order valence-corrected chi connectivity index (χ2v) is 5.82. The van der Waals surface area contributed by atoms with Crippen molar-refractivity contribution >= 4 is 22.8 Å². The molecule has 5 nitrogen and oxygen atoms in total. The van der Waals surface area contributed by atoms with E-state index in [1.807, 2.05) is 12.1 Å². The van der Waals surface area contributed by atoms with Crippen LogP contribution in [0.3, 0.4) is 0 Å². The highest BCUT2D eigenvalue weighted by Gasteiger charge is 2.21. The number of amides is 1. The Bertz CT molecular complexity index is 920. The fourth-order valence-corrected chi connectivity index (χ4v) is 2.68. The smallest absolute Gasteiger partial charge is 0.308 e. The lowest BCUT2D eigenvalue weighted by Crippen LogP contribution is -2.34. The maximum absolute atomic E-state index is 13.7. The van der Waals surface area contributed by atoms with Gasteiger partial charge in [-0.3, -0.25) is 9.59 Å². The number of hydrogen-bond acceptors (Lipinski definition) is 2. The van der Waals surface area contributed by atoms with E-state index in [-0.39, 0.29) is 18.9 Å². The first-order chi connectivity index (χ1) is 12.0. The van der Waals surface area contributed by atoms with Crippen LogP contribution in [0, 0.1) is 11.7 Å². The Kier molecular flexibility index (Phi) is 4.79. The number of hydrogen-bond donors (Lipinski definition) is 3. The number of carbonyl (C=O) groups excluding carboxylic acids is 1. The van der Waals surface area contributed by atoms with Crippen LogP contribution < -0.4 is 5.32 Å². The second-order valence-electron chi connectivity index (χ2n) is 5.82. The number of H-pyrrole nitrogens is 1. The van der Waals surface area contributed by atoms with Gasteiger partial charge in [0.1, 0.15) is 5.82 Å². The van der Waals surface area contributed by atoms with Gasteiger partial charge in [0.2, 0.25) is 0 Å². The molecular formula is C19H17FN2O3. The molecule has 0 fully saturated rings. The molecule has 0 aliphatic heterocycles. The predicted molar refractivity (Wildman–Crippen MR) is 91.9 cm³/mol. The highest BCUT2D eigenvalue weighted by molar-refractivity contribution is 5.98. The minimum Gasteiger partial charge on any atom is -0.481 e. The molecule has 128 valence electrons. The molecule has 0 bridgehead atoms. The van der Waals surface area contributed by atoms with E-state index in [9.17, 15) is 19.1 Å². The van der Waals surface area contributed by atoms with Crippen molar-refractivity contribution in [3.8, 4) is 0 Å². The van der Waals surface area contributed by atoms with E-state index in [2.05, 4.69) is 10.3 Å². The average molecular weight is 340 g/mol. The quantitative estimate of drug-likeness (QED) is 0.645. The summed E-state index contributed by atoms with van der Waals surface area (Å²) in [5.74, 6) is -2.80. The molecule has 3 rings (SSSR count). The highest BCUT2D eigenvalue weighted by Crippen LogP contribution is 2.15. The molecule has 0 aliphatic carbocycles. The standard InChI is InChI=1S/C19H17FN2O3/c20-16-4-2-1-3-13(16)9-15(19(24)25)11-22-18(23)14-6-5-12-7-8-21-17(12)10-14/h1-8,10,15,21H,9,11H2,(H,22,23)(H,24,25)/t15-/m0/s1. The van der Waals surface area contributed by atoms with Crippen molar-refractivity contribution in [3.05, 3.63) is 71.7 Å². The van der Waals surface area contributed by atoms with Crippen LogP contribution in [0.1, 0.15) is 15.9 Å². The molecule has 0 saturated heterocycles. The molecule has 0 saturated carbocycles. The third-order valence-electron chi connectivity index (χ3n) is 4.10. The molecule has 0 radical (unpaired) electrons. The van der Waals surface area contributed by atoms with E-state index >= 15 is 0 Å². The van der Waals surface area contributed by atoms with E-state index in [0.717, 1.165) is 10.9 Å². The molecule has 3 N–H and O–H groups in total. The third kappa shape index (κ3) is 3.85. The van der Waals surface area contributed by atoms with Crippen molar-refractivity contribution in [1.29, 1.82) is 0 Å². The summed E-state index contributed by atoms with van der Waals surface area (Å²) in [7, 11) is 0.